The van der Waals surface area contributed by atoms with Crippen molar-refractivity contribution in [3.8, 4) is 5.75 Å². The third kappa shape index (κ3) is 5.57. The van der Waals surface area contributed by atoms with Gasteiger partial charge in [0.05, 0.1) is 10.4 Å². The number of aromatic nitrogens is 1. The summed E-state index contributed by atoms with van der Waals surface area (Å²) < 4.78 is 41.4. The summed E-state index contributed by atoms with van der Waals surface area (Å²) in [4.78, 5) is 19.3. The maximum atomic E-state index is 13.8. The average molecular weight is 456 g/mol. The van der Waals surface area contributed by atoms with Gasteiger partial charge >= 0.3 is 6.18 Å². The van der Waals surface area contributed by atoms with Crippen molar-refractivity contribution in [2.24, 2.45) is 5.41 Å². The minimum absolute atomic E-state index is 0.0323. The highest BCUT2D eigenvalue weighted by molar-refractivity contribution is 7.11. The van der Waals surface area contributed by atoms with E-state index in [1.165, 1.54) is 17.5 Å². The van der Waals surface area contributed by atoms with E-state index < -0.39 is 17.5 Å². The number of rotatable bonds is 9. The van der Waals surface area contributed by atoms with Crippen LogP contribution >= 0.6 is 11.3 Å². The molecular formula is C22H28F3N3O2S. The second kappa shape index (κ2) is 9.16. The van der Waals surface area contributed by atoms with Crippen molar-refractivity contribution in [2.45, 2.75) is 50.7 Å². The smallest absolute Gasteiger partial charge is 0.395 e. The fourth-order valence-electron chi connectivity index (χ4n) is 3.90. The van der Waals surface area contributed by atoms with Crippen LogP contribution in [0.4, 0.5) is 13.2 Å². The average Bonchev–Trinajstić information content (AvgIpc) is 3.40. The largest absolute Gasteiger partial charge is 0.508 e. The summed E-state index contributed by atoms with van der Waals surface area (Å²) in [5.41, 5.74) is -0.825. The van der Waals surface area contributed by atoms with Gasteiger partial charge in [-0.15, -0.1) is 11.3 Å². The summed E-state index contributed by atoms with van der Waals surface area (Å²) >= 11 is 1.23. The Balaban J connectivity index is 1.67. The molecule has 170 valence electrons. The molecule has 2 N–H and O–H groups in total. The predicted octanol–water partition coefficient (Wildman–Crippen LogP) is 4.26. The fourth-order valence-corrected chi connectivity index (χ4v) is 4.91. The van der Waals surface area contributed by atoms with Crippen LogP contribution < -0.4 is 5.32 Å². The van der Waals surface area contributed by atoms with Crippen molar-refractivity contribution in [3.63, 3.8) is 0 Å². The number of phenols is 1. The molecule has 1 amide bonds. The van der Waals surface area contributed by atoms with Crippen molar-refractivity contribution < 1.29 is 23.1 Å². The molecule has 0 saturated heterocycles. The van der Waals surface area contributed by atoms with E-state index in [-0.39, 0.29) is 37.0 Å². The van der Waals surface area contributed by atoms with E-state index in [1.807, 2.05) is 31.1 Å². The molecule has 2 aromatic rings. The van der Waals surface area contributed by atoms with Crippen LogP contribution in [0.1, 0.15) is 40.6 Å². The van der Waals surface area contributed by atoms with Gasteiger partial charge in [-0.05, 0) is 58.0 Å². The molecule has 1 aromatic heterocycles. The van der Waals surface area contributed by atoms with Gasteiger partial charge in [-0.25, -0.2) is 4.98 Å². The summed E-state index contributed by atoms with van der Waals surface area (Å²) in [6.07, 6.45) is -2.34. The number of hydrogen-bond donors (Lipinski definition) is 2. The molecule has 5 nitrogen and oxygen atoms in total. The lowest BCUT2D eigenvalue weighted by Gasteiger charge is -2.29. The second-order valence-corrected chi connectivity index (χ2v) is 9.75. The maximum Gasteiger partial charge on any atom is 0.395 e. The number of benzene rings is 1. The summed E-state index contributed by atoms with van der Waals surface area (Å²) in [6, 6.07) is 6.81. The van der Waals surface area contributed by atoms with Gasteiger partial charge in [0, 0.05) is 36.0 Å². The number of likely N-dealkylation sites (N-methyl/N-ethyl adjacent to an activating group) is 1. The number of aryl methyl sites for hydroxylation is 1. The van der Waals surface area contributed by atoms with Crippen LogP contribution in [0.15, 0.2) is 30.5 Å². The first kappa shape index (κ1) is 23.5. The SMILES string of the molecule is Cc1ncc(C(CC(=O)NCC(Cc2ccc(O)cc2)N(C)C)C2(C(F)(F)F)CC2)s1. The Morgan fingerprint density at radius 3 is 2.42 bits per heavy atom. The number of thiazole rings is 1. The van der Waals surface area contributed by atoms with Gasteiger partial charge in [-0.3, -0.25) is 4.79 Å². The first-order valence-electron chi connectivity index (χ1n) is 10.2. The number of alkyl halides is 3. The zero-order chi connectivity index (χ0) is 22.8. The monoisotopic (exact) mass is 455 g/mol. The van der Waals surface area contributed by atoms with E-state index in [0.29, 0.717) is 22.9 Å². The Hall–Kier alpha value is -2.13. The van der Waals surface area contributed by atoms with Crippen molar-refractivity contribution in [3.05, 3.63) is 45.9 Å². The molecule has 1 aromatic carbocycles. The van der Waals surface area contributed by atoms with Crippen LogP contribution in [0.3, 0.4) is 0 Å². The minimum Gasteiger partial charge on any atom is -0.508 e. The molecule has 0 aliphatic heterocycles. The molecule has 3 rings (SSSR count). The molecule has 1 heterocycles. The quantitative estimate of drug-likeness (QED) is 0.593. The molecule has 2 unspecified atom stereocenters. The number of nitrogens with zero attached hydrogens (tertiary/aromatic N) is 2. The second-order valence-electron chi connectivity index (χ2n) is 8.48. The van der Waals surface area contributed by atoms with Gasteiger partial charge in [0.1, 0.15) is 5.75 Å². The van der Waals surface area contributed by atoms with Crippen LogP contribution in [0.5, 0.6) is 5.75 Å². The minimum atomic E-state index is -4.35. The van der Waals surface area contributed by atoms with Crippen molar-refractivity contribution >= 4 is 17.2 Å². The third-order valence-electron chi connectivity index (χ3n) is 6.07. The molecular weight excluding hydrogens is 427 g/mol. The Morgan fingerprint density at radius 2 is 1.94 bits per heavy atom. The number of hydrogen-bond acceptors (Lipinski definition) is 5. The van der Waals surface area contributed by atoms with Gasteiger partial charge < -0.3 is 15.3 Å². The summed E-state index contributed by atoms with van der Waals surface area (Å²) in [6.45, 7) is 2.07. The van der Waals surface area contributed by atoms with Crippen LogP contribution in [-0.2, 0) is 11.2 Å². The van der Waals surface area contributed by atoms with E-state index in [2.05, 4.69) is 10.3 Å². The predicted molar refractivity (Wildman–Crippen MR) is 114 cm³/mol. The van der Waals surface area contributed by atoms with Crippen molar-refractivity contribution in [2.75, 3.05) is 20.6 Å². The Morgan fingerprint density at radius 1 is 1.29 bits per heavy atom. The lowest BCUT2D eigenvalue weighted by Crippen LogP contribution is -2.42. The summed E-state index contributed by atoms with van der Waals surface area (Å²) in [5.74, 6) is -1.11. The number of halogens is 3. The van der Waals surface area contributed by atoms with Crippen LogP contribution in [-0.4, -0.2) is 53.8 Å². The number of phenolic OH excluding ortho intramolecular Hbond substituents is 1. The van der Waals surface area contributed by atoms with Crippen molar-refractivity contribution in [1.29, 1.82) is 0 Å². The third-order valence-corrected chi connectivity index (χ3v) is 7.09. The lowest BCUT2D eigenvalue weighted by atomic mass is 9.84. The molecule has 2 atom stereocenters. The first-order valence-corrected chi connectivity index (χ1v) is 11.0. The molecule has 31 heavy (non-hydrogen) atoms. The van der Waals surface area contributed by atoms with Crippen molar-refractivity contribution in [1.82, 2.24) is 15.2 Å². The standard InChI is InChI=1S/C22H28F3N3O2S/c1-14-26-13-19(31-14)18(21(8-9-21)22(23,24)25)11-20(30)27-12-16(28(2)3)10-15-4-6-17(29)7-5-15/h4-7,13,16,18,29H,8-12H2,1-3H3,(H,27,30). The van der Waals surface area contributed by atoms with E-state index in [9.17, 15) is 23.1 Å². The number of amides is 1. The number of nitrogens with one attached hydrogen (secondary N) is 1. The molecule has 1 fully saturated rings. The molecule has 0 bridgehead atoms. The first-order chi connectivity index (χ1) is 14.5. The zero-order valence-electron chi connectivity index (χ0n) is 17.9. The lowest BCUT2D eigenvalue weighted by molar-refractivity contribution is -0.194. The van der Waals surface area contributed by atoms with Crippen LogP contribution in [0.25, 0.3) is 0 Å². The normalized spacial score (nSPS) is 17.4. The van der Waals surface area contributed by atoms with E-state index in [4.69, 9.17) is 0 Å². The molecule has 0 spiro atoms. The molecule has 1 saturated carbocycles. The maximum absolute atomic E-state index is 13.8. The topological polar surface area (TPSA) is 65.5 Å². The van der Waals surface area contributed by atoms with Crippen LogP contribution in [0, 0.1) is 12.3 Å². The highest BCUT2D eigenvalue weighted by atomic mass is 32.1. The van der Waals surface area contributed by atoms with E-state index in [0.717, 1.165) is 5.56 Å². The van der Waals surface area contributed by atoms with Gasteiger partial charge in [-0.2, -0.15) is 13.2 Å². The molecule has 1 aliphatic carbocycles. The van der Waals surface area contributed by atoms with Gasteiger partial charge in [0.15, 0.2) is 0 Å². The highest BCUT2D eigenvalue weighted by Gasteiger charge is 2.67. The summed E-state index contributed by atoms with van der Waals surface area (Å²) in [5, 5.41) is 13.0. The molecule has 9 heteroatoms. The van der Waals surface area contributed by atoms with Crippen LogP contribution in [0.2, 0.25) is 0 Å². The Kier molecular flexibility index (Phi) is 6.95. The van der Waals surface area contributed by atoms with Gasteiger partial charge in [-0.1, -0.05) is 12.1 Å². The number of carbonyl (C=O) groups excluding carboxylic acids is 1. The zero-order valence-corrected chi connectivity index (χ0v) is 18.7. The Labute approximate surface area is 184 Å². The van der Waals surface area contributed by atoms with Gasteiger partial charge in [0.2, 0.25) is 5.91 Å². The fraction of sp³-hybridized carbons (Fsp3) is 0.545. The van der Waals surface area contributed by atoms with Gasteiger partial charge in [0.25, 0.3) is 0 Å². The Bertz CT molecular complexity index is 892. The highest BCUT2D eigenvalue weighted by Crippen LogP contribution is 2.66. The van der Waals surface area contributed by atoms with E-state index >= 15 is 0 Å². The number of carbonyl (C=O) groups is 1. The molecule has 0 radical (unpaired) electrons. The van der Waals surface area contributed by atoms with E-state index in [1.54, 1.807) is 19.1 Å². The molecule has 1 aliphatic rings. The number of aromatic hydroxyl groups is 1. The summed E-state index contributed by atoms with van der Waals surface area (Å²) in [7, 11) is 3.78.